The van der Waals surface area contributed by atoms with Crippen molar-refractivity contribution in [3.05, 3.63) is 40.1 Å². The molecule has 1 amide bonds. The van der Waals surface area contributed by atoms with E-state index in [0.717, 1.165) is 20.9 Å². The molecular formula is C15H17BrN2O2. The average molecular weight is 337 g/mol. The van der Waals surface area contributed by atoms with Gasteiger partial charge in [0.15, 0.2) is 0 Å². The number of nitrogens with zero attached hydrogens (tertiary/aromatic N) is 1. The number of carbonyl (C=O) groups excluding carboxylic acids is 1. The summed E-state index contributed by atoms with van der Waals surface area (Å²) >= 11 is 3.49. The van der Waals surface area contributed by atoms with Gasteiger partial charge in [0.05, 0.1) is 12.1 Å². The number of nitrogens with one attached hydrogen (secondary N) is 1. The summed E-state index contributed by atoms with van der Waals surface area (Å²) in [6.45, 7) is 5.25. The number of aromatic nitrogens is 1. The first-order valence-corrected chi connectivity index (χ1v) is 7.12. The molecule has 1 heterocycles. The van der Waals surface area contributed by atoms with E-state index in [4.69, 9.17) is 0 Å². The Labute approximate surface area is 126 Å². The predicted octanol–water partition coefficient (Wildman–Crippen LogP) is 2.81. The van der Waals surface area contributed by atoms with Crippen LogP contribution >= 0.6 is 15.9 Å². The Morgan fingerprint density at radius 3 is 2.75 bits per heavy atom. The van der Waals surface area contributed by atoms with Crippen LogP contribution in [0.3, 0.4) is 0 Å². The maximum Gasteiger partial charge on any atom is 0.271 e. The zero-order chi connectivity index (χ0) is 14.9. The van der Waals surface area contributed by atoms with Crippen molar-refractivity contribution in [1.29, 1.82) is 0 Å². The highest BCUT2D eigenvalue weighted by atomic mass is 79.9. The van der Waals surface area contributed by atoms with Crippen molar-refractivity contribution in [3.63, 3.8) is 0 Å². The molecule has 20 heavy (non-hydrogen) atoms. The summed E-state index contributed by atoms with van der Waals surface area (Å²) in [7, 11) is 0. The van der Waals surface area contributed by atoms with E-state index in [2.05, 4.69) is 26.2 Å². The van der Waals surface area contributed by atoms with E-state index in [9.17, 15) is 9.90 Å². The zero-order valence-electron chi connectivity index (χ0n) is 11.7. The standard InChI is InChI=1S/C15H17BrN2O2/c1-9-7-11-10(5-4-6-12(11)16)13(17-9)14(20)18-15(2,3)8-19/h4-7,19H,8H2,1-3H3,(H,18,20). The Hall–Kier alpha value is -1.46. The third-order valence-electron chi connectivity index (χ3n) is 3.01. The number of carbonyl (C=O) groups is 1. The smallest absolute Gasteiger partial charge is 0.271 e. The van der Waals surface area contributed by atoms with Crippen LogP contribution in [-0.4, -0.2) is 28.1 Å². The topological polar surface area (TPSA) is 62.2 Å². The fourth-order valence-corrected chi connectivity index (χ4v) is 2.43. The maximum atomic E-state index is 12.4. The van der Waals surface area contributed by atoms with E-state index >= 15 is 0 Å². The predicted molar refractivity (Wildman–Crippen MR) is 82.8 cm³/mol. The number of fused-ring (bicyclic) bond motifs is 1. The molecule has 4 nitrogen and oxygen atoms in total. The molecule has 5 heteroatoms. The summed E-state index contributed by atoms with van der Waals surface area (Å²) < 4.78 is 0.927. The van der Waals surface area contributed by atoms with Crippen molar-refractivity contribution in [3.8, 4) is 0 Å². The minimum Gasteiger partial charge on any atom is -0.394 e. The molecule has 1 aromatic heterocycles. The van der Waals surface area contributed by atoms with Crippen LogP contribution in [0.25, 0.3) is 10.8 Å². The molecule has 0 atom stereocenters. The van der Waals surface area contributed by atoms with Crippen molar-refractivity contribution in [2.45, 2.75) is 26.3 Å². The molecule has 0 radical (unpaired) electrons. The number of hydrogen-bond donors (Lipinski definition) is 2. The van der Waals surface area contributed by atoms with Crippen LogP contribution in [0.1, 0.15) is 30.0 Å². The normalized spacial score (nSPS) is 11.7. The van der Waals surface area contributed by atoms with Crippen molar-refractivity contribution in [2.75, 3.05) is 6.61 Å². The molecule has 1 aromatic carbocycles. The summed E-state index contributed by atoms with van der Waals surface area (Å²) in [6, 6.07) is 7.61. The number of amides is 1. The Morgan fingerprint density at radius 1 is 1.40 bits per heavy atom. The first-order chi connectivity index (χ1) is 9.34. The van der Waals surface area contributed by atoms with Gasteiger partial charge in [0, 0.05) is 20.9 Å². The maximum absolute atomic E-state index is 12.4. The number of hydrogen-bond acceptors (Lipinski definition) is 3. The van der Waals surface area contributed by atoms with Gasteiger partial charge < -0.3 is 10.4 Å². The Kier molecular flexibility index (Phi) is 4.11. The zero-order valence-corrected chi connectivity index (χ0v) is 13.3. The molecule has 0 saturated heterocycles. The highest BCUT2D eigenvalue weighted by molar-refractivity contribution is 9.10. The third kappa shape index (κ3) is 2.99. The van der Waals surface area contributed by atoms with Crippen LogP contribution in [0.4, 0.5) is 0 Å². The molecule has 0 bridgehead atoms. The van der Waals surface area contributed by atoms with E-state index in [1.807, 2.05) is 31.2 Å². The van der Waals surface area contributed by atoms with E-state index in [0.29, 0.717) is 5.69 Å². The summed E-state index contributed by atoms with van der Waals surface area (Å²) in [6.07, 6.45) is 0. The molecule has 0 saturated carbocycles. The van der Waals surface area contributed by atoms with E-state index in [1.54, 1.807) is 13.8 Å². The summed E-state index contributed by atoms with van der Waals surface area (Å²) in [4.78, 5) is 16.7. The molecule has 2 rings (SSSR count). The van der Waals surface area contributed by atoms with Gasteiger partial charge in [-0.3, -0.25) is 4.79 Å². The van der Waals surface area contributed by atoms with Crippen molar-refractivity contribution < 1.29 is 9.90 Å². The second-order valence-corrected chi connectivity index (χ2v) is 6.30. The summed E-state index contributed by atoms with van der Waals surface area (Å²) in [5.41, 5.74) is 0.472. The molecule has 0 aliphatic heterocycles. The van der Waals surface area contributed by atoms with Crippen LogP contribution in [0, 0.1) is 6.92 Å². The number of rotatable bonds is 3. The molecule has 0 aliphatic rings. The monoisotopic (exact) mass is 336 g/mol. The van der Waals surface area contributed by atoms with Gasteiger partial charge in [-0.1, -0.05) is 28.1 Å². The van der Waals surface area contributed by atoms with Crippen molar-refractivity contribution in [2.24, 2.45) is 0 Å². The van der Waals surface area contributed by atoms with Gasteiger partial charge in [-0.05, 0) is 32.9 Å². The number of aliphatic hydroxyl groups excluding tert-OH is 1. The molecular weight excluding hydrogens is 320 g/mol. The minimum atomic E-state index is -0.680. The van der Waals surface area contributed by atoms with Crippen LogP contribution in [0.5, 0.6) is 0 Å². The van der Waals surface area contributed by atoms with E-state index in [-0.39, 0.29) is 12.5 Å². The van der Waals surface area contributed by atoms with Gasteiger partial charge >= 0.3 is 0 Å². The number of benzene rings is 1. The van der Waals surface area contributed by atoms with Gasteiger partial charge in [0.2, 0.25) is 0 Å². The summed E-state index contributed by atoms with van der Waals surface area (Å²) in [5, 5.41) is 13.8. The average Bonchev–Trinajstić information content (AvgIpc) is 2.38. The SMILES string of the molecule is Cc1cc2c(Br)cccc2c(C(=O)NC(C)(C)CO)n1. The lowest BCUT2D eigenvalue weighted by Gasteiger charge is -2.23. The van der Waals surface area contributed by atoms with E-state index in [1.165, 1.54) is 0 Å². The molecule has 2 aromatic rings. The number of aryl methyl sites for hydroxylation is 1. The largest absolute Gasteiger partial charge is 0.394 e. The molecule has 0 unspecified atom stereocenters. The van der Waals surface area contributed by atoms with Gasteiger partial charge in [-0.25, -0.2) is 4.98 Å². The summed E-state index contributed by atoms with van der Waals surface area (Å²) in [5.74, 6) is -0.282. The highest BCUT2D eigenvalue weighted by Gasteiger charge is 2.22. The molecule has 0 aliphatic carbocycles. The fourth-order valence-electron chi connectivity index (χ4n) is 1.95. The second-order valence-electron chi connectivity index (χ2n) is 5.44. The van der Waals surface area contributed by atoms with Crippen LogP contribution in [-0.2, 0) is 0 Å². The van der Waals surface area contributed by atoms with Crippen molar-refractivity contribution >= 4 is 32.6 Å². The minimum absolute atomic E-state index is 0.133. The molecule has 0 fully saturated rings. The number of pyridine rings is 1. The van der Waals surface area contributed by atoms with Crippen LogP contribution < -0.4 is 5.32 Å². The first kappa shape index (κ1) is 14.9. The highest BCUT2D eigenvalue weighted by Crippen LogP contribution is 2.26. The lowest BCUT2D eigenvalue weighted by atomic mass is 10.0. The van der Waals surface area contributed by atoms with Gasteiger partial charge in [-0.2, -0.15) is 0 Å². The van der Waals surface area contributed by atoms with Gasteiger partial charge in [0.1, 0.15) is 5.69 Å². The number of halogens is 1. The Bertz CT molecular complexity index is 668. The van der Waals surface area contributed by atoms with E-state index < -0.39 is 5.54 Å². The van der Waals surface area contributed by atoms with Gasteiger partial charge in [-0.15, -0.1) is 0 Å². The van der Waals surface area contributed by atoms with Crippen LogP contribution in [0.2, 0.25) is 0 Å². The molecule has 106 valence electrons. The lowest BCUT2D eigenvalue weighted by molar-refractivity contribution is 0.0866. The van der Waals surface area contributed by atoms with Gasteiger partial charge in [0.25, 0.3) is 5.91 Å². The molecule has 2 N–H and O–H groups in total. The van der Waals surface area contributed by atoms with Crippen molar-refractivity contribution in [1.82, 2.24) is 10.3 Å². The quantitative estimate of drug-likeness (QED) is 0.905. The Balaban J connectivity index is 2.54. The fraction of sp³-hybridized carbons (Fsp3) is 0.333. The Morgan fingerprint density at radius 2 is 2.10 bits per heavy atom. The van der Waals surface area contributed by atoms with Crippen LogP contribution in [0.15, 0.2) is 28.7 Å². The lowest BCUT2D eigenvalue weighted by Crippen LogP contribution is -2.46. The second kappa shape index (κ2) is 5.50. The molecule has 0 spiro atoms. The number of aliphatic hydroxyl groups is 1. The third-order valence-corrected chi connectivity index (χ3v) is 3.70. The first-order valence-electron chi connectivity index (χ1n) is 6.33.